The maximum atomic E-state index is 12.1. The summed E-state index contributed by atoms with van der Waals surface area (Å²) in [5.74, 6) is -0.666. The van der Waals surface area contributed by atoms with E-state index in [0.29, 0.717) is 13.2 Å². The molecule has 0 saturated heterocycles. The van der Waals surface area contributed by atoms with Crippen LogP contribution in [0.5, 0.6) is 0 Å². The SMILES string of the molecule is C=CCN(CC(=O)OCC)C(=O)/C=C/c1cccc(C)c1. The summed E-state index contributed by atoms with van der Waals surface area (Å²) in [6.07, 6.45) is 4.77. The Kier molecular flexibility index (Phi) is 6.95. The van der Waals surface area contributed by atoms with Crippen molar-refractivity contribution in [3.05, 3.63) is 54.1 Å². The first-order valence-corrected chi connectivity index (χ1v) is 6.87. The van der Waals surface area contributed by atoms with E-state index in [2.05, 4.69) is 6.58 Å². The number of hydrogen-bond acceptors (Lipinski definition) is 3. The van der Waals surface area contributed by atoms with Crippen molar-refractivity contribution in [2.75, 3.05) is 19.7 Å². The van der Waals surface area contributed by atoms with Gasteiger partial charge in [-0.15, -0.1) is 6.58 Å². The summed E-state index contributed by atoms with van der Waals surface area (Å²) in [7, 11) is 0. The Balaban J connectivity index is 2.72. The van der Waals surface area contributed by atoms with Gasteiger partial charge in [0.15, 0.2) is 0 Å². The number of nitrogens with zero attached hydrogens (tertiary/aromatic N) is 1. The summed E-state index contributed by atoms with van der Waals surface area (Å²) < 4.78 is 4.86. The monoisotopic (exact) mass is 287 g/mol. The molecule has 1 amide bonds. The number of rotatable bonds is 7. The van der Waals surface area contributed by atoms with Crippen LogP contribution in [-0.4, -0.2) is 36.5 Å². The van der Waals surface area contributed by atoms with Crippen LogP contribution in [0.1, 0.15) is 18.1 Å². The fourth-order valence-electron chi connectivity index (χ4n) is 1.80. The van der Waals surface area contributed by atoms with Gasteiger partial charge in [0.25, 0.3) is 0 Å². The Morgan fingerprint density at radius 2 is 2.14 bits per heavy atom. The standard InChI is InChI=1S/C17H21NO3/c1-4-11-18(13-17(20)21-5-2)16(19)10-9-15-8-6-7-14(3)12-15/h4,6-10,12H,1,5,11,13H2,2-3H3/b10-9+. The van der Waals surface area contributed by atoms with Crippen molar-refractivity contribution in [1.29, 1.82) is 0 Å². The summed E-state index contributed by atoms with van der Waals surface area (Å²) >= 11 is 0. The quantitative estimate of drug-likeness (QED) is 0.440. The number of carbonyl (C=O) groups is 2. The fraction of sp³-hybridized carbons (Fsp3) is 0.294. The zero-order chi connectivity index (χ0) is 15.7. The molecule has 0 saturated carbocycles. The van der Waals surface area contributed by atoms with Gasteiger partial charge in [-0.2, -0.15) is 0 Å². The van der Waals surface area contributed by atoms with Gasteiger partial charge >= 0.3 is 5.97 Å². The predicted molar refractivity (Wildman–Crippen MR) is 83.6 cm³/mol. The lowest BCUT2D eigenvalue weighted by Crippen LogP contribution is -2.35. The topological polar surface area (TPSA) is 46.6 Å². The summed E-state index contributed by atoms with van der Waals surface area (Å²) in [6, 6.07) is 7.82. The molecule has 1 rings (SSSR count). The number of benzene rings is 1. The van der Waals surface area contributed by atoms with E-state index in [1.807, 2.05) is 31.2 Å². The molecule has 0 fully saturated rings. The lowest BCUT2D eigenvalue weighted by molar-refractivity contribution is -0.147. The van der Waals surface area contributed by atoms with Crippen LogP contribution in [-0.2, 0) is 14.3 Å². The van der Waals surface area contributed by atoms with Crippen LogP contribution < -0.4 is 0 Å². The number of aryl methyl sites for hydroxylation is 1. The normalized spacial score (nSPS) is 10.4. The van der Waals surface area contributed by atoms with E-state index >= 15 is 0 Å². The van der Waals surface area contributed by atoms with Gasteiger partial charge in [-0.3, -0.25) is 9.59 Å². The first-order valence-electron chi connectivity index (χ1n) is 6.87. The van der Waals surface area contributed by atoms with Crippen molar-refractivity contribution >= 4 is 18.0 Å². The van der Waals surface area contributed by atoms with Gasteiger partial charge in [-0.1, -0.05) is 35.9 Å². The highest BCUT2D eigenvalue weighted by Gasteiger charge is 2.14. The minimum atomic E-state index is -0.420. The highest BCUT2D eigenvalue weighted by Crippen LogP contribution is 2.06. The highest BCUT2D eigenvalue weighted by atomic mass is 16.5. The predicted octanol–water partition coefficient (Wildman–Crippen LogP) is 2.59. The molecule has 0 bridgehead atoms. The van der Waals surface area contributed by atoms with E-state index in [0.717, 1.165) is 11.1 Å². The van der Waals surface area contributed by atoms with Crippen molar-refractivity contribution in [3.63, 3.8) is 0 Å². The maximum absolute atomic E-state index is 12.1. The second-order valence-corrected chi connectivity index (χ2v) is 4.56. The van der Waals surface area contributed by atoms with E-state index in [-0.39, 0.29) is 12.5 Å². The number of hydrogen-bond donors (Lipinski definition) is 0. The molecular weight excluding hydrogens is 266 g/mol. The summed E-state index contributed by atoms with van der Waals surface area (Å²) in [4.78, 5) is 25.0. The molecule has 0 aromatic heterocycles. The second kappa shape index (κ2) is 8.74. The molecule has 0 atom stereocenters. The number of ether oxygens (including phenoxy) is 1. The van der Waals surface area contributed by atoms with E-state index in [9.17, 15) is 9.59 Å². The Hall–Kier alpha value is -2.36. The van der Waals surface area contributed by atoms with Gasteiger partial charge in [-0.05, 0) is 25.5 Å². The average molecular weight is 287 g/mol. The van der Waals surface area contributed by atoms with Crippen molar-refractivity contribution in [2.24, 2.45) is 0 Å². The molecule has 1 aromatic rings. The van der Waals surface area contributed by atoms with Gasteiger partial charge in [-0.25, -0.2) is 0 Å². The zero-order valence-electron chi connectivity index (χ0n) is 12.5. The fourth-order valence-corrected chi connectivity index (χ4v) is 1.80. The van der Waals surface area contributed by atoms with E-state index in [4.69, 9.17) is 4.74 Å². The largest absolute Gasteiger partial charge is 0.465 e. The number of carbonyl (C=O) groups excluding carboxylic acids is 2. The van der Waals surface area contributed by atoms with Crippen molar-refractivity contribution in [2.45, 2.75) is 13.8 Å². The summed E-state index contributed by atoms with van der Waals surface area (Å²) in [6.45, 7) is 7.85. The van der Waals surface area contributed by atoms with Gasteiger partial charge in [0, 0.05) is 12.6 Å². The van der Waals surface area contributed by atoms with Crippen molar-refractivity contribution < 1.29 is 14.3 Å². The van der Waals surface area contributed by atoms with Crippen LogP contribution in [0.2, 0.25) is 0 Å². The lowest BCUT2D eigenvalue weighted by Gasteiger charge is -2.18. The van der Waals surface area contributed by atoms with Crippen LogP contribution in [0.25, 0.3) is 6.08 Å². The molecule has 0 radical (unpaired) electrons. The van der Waals surface area contributed by atoms with Crippen LogP contribution in [0.3, 0.4) is 0 Å². The minimum Gasteiger partial charge on any atom is -0.465 e. The van der Waals surface area contributed by atoms with Gasteiger partial charge in [0.2, 0.25) is 5.91 Å². The first-order chi connectivity index (χ1) is 10.1. The molecule has 0 aliphatic rings. The maximum Gasteiger partial charge on any atom is 0.325 e. The molecular formula is C17H21NO3. The van der Waals surface area contributed by atoms with Crippen LogP contribution in [0.4, 0.5) is 0 Å². The molecule has 21 heavy (non-hydrogen) atoms. The molecule has 1 aromatic carbocycles. The van der Waals surface area contributed by atoms with Crippen LogP contribution in [0, 0.1) is 6.92 Å². The minimum absolute atomic E-state index is 0.0726. The lowest BCUT2D eigenvalue weighted by atomic mass is 10.1. The number of amides is 1. The van der Waals surface area contributed by atoms with Gasteiger partial charge < -0.3 is 9.64 Å². The summed E-state index contributed by atoms with van der Waals surface area (Å²) in [5.41, 5.74) is 2.07. The van der Waals surface area contributed by atoms with E-state index in [1.54, 1.807) is 19.1 Å². The number of esters is 1. The first kappa shape index (κ1) is 16.7. The Morgan fingerprint density at radius 3 is 2.76 bits per heavy atom. The third-order valence-corrected chi connectivity index (χ3v) is 2.75. The molecule has 0 N–H and O–H groups in total. The Labute approximate surface area is 125 Å². The molecule has 0 heterocycles. The van der Waals surface area contributed by atoms with E-state index in [1.165, 1.54) is 11.0 Å². The highest BCUT2D eigenvalue weighted by molar-refractivity contribution is 5.93. The molecule has 0 unspecified atom stereocenters. The second-order valence-electron chi connectivity index (χ2n) is 4.56. The molecule has 112 valence electrons. The third kappa shape index (κ3) is 6.08. The molecule has 4 heteroatoms. The summed E-state index contributed by atoms with van der Waals surface area (Å²) in [5, 5.41) is 0. The van der Waals surface area contributed by atoms with Gasteiger partial charge in [0.05, 0.1) is 6.61 Å². The van der Waals surface area contributed by atoms with Crippen molar-refractivity contribution in [1.82, 2.24) is 4.90 Å². The van der Waals surface area contributed by atoms with Crippen LogP contribution >= 0.6 is 0 Å². The van der Waals surface area contributed by atoms with Crippen LogP contribution in [0.15, 0.2) is 43.0 Å². The molecule has 4 nitrogen and oxygen atoms in total. The van der Waals surface area contributed by atoms with Crippen molar-refractivity contribution in [3.8, 4) is 0 Å². The molecule has 0 aliphatic carbocycles. The molecule has 0 spiro atoms. The third-order valence-electron chi connectivity index (χ3n) is 2.75. The average Bonchev–Trinajstić information content (AvgIpc) is 2.44. The van der Waals surface area contributed by atoms with Gasteiger partial charge in [0.1, 0.15) is 6.54 Å². The van der Waals surface area contributed by atoms with E-state index < -0.39 is 5.97 Å². The smallest absolute Gasteiger partial charge is 0.325 e. The Morgan fingerprint density at radius 1 is 1.38 bits per heavy atom. The Bertz CT molecular complexity index is 535. The zero-order valence-corrected chi connectivity index (χ0v) is 12.5. The molecule has 0 aliphatic heterocycles.